The van der Waals surface area contributed by atoms with Gasteiger partial charge in [-0.05, 0) is 18.9 Å². The Morgan fingerprint density at radius 3 is 2.86 bits per heavy atom. The van der Waals surface area contributed by atoms with E-state index in [1.807, 2.05) is 10.7 Å². The minimum Gasteiger partial charge on any atom is -0.377 e. The molecule has 7 nitrogen and oxygen atoms in total. The predicted octanol–water partition coefficient (Wildman–Crippen LogP) is 2.72. The van der Waals surface area contributed by atoms with E-state index in [2.05, 4.69) is 58.8 Å². The van der Waals surface area contributed by atoms with Crippen molar-refractivity contribution in [3.63, 3.8) is 0 Å². The molecule has 2 aromatic rings. The van der Waals surface area contributed by atoms with E-state index in [1.165, 1.54) is 5.56 Å². The fourth-order valence-electron chi connectivity index (χ4n) is 3.30. The van der Waals surface area contributed by atoms with Gasteiger partial charge in [-0.15, -0.1) is 24.0 Å². The van der Waals surface area contributed by atoms with Crippen LogP contribution in [0.4, 0.5) is 0 Å². The lowest BCUT2D eigenvalue weighted by molar-refractivity contribution is 0.177. The summed E-state index contributed by atoms with van der Waals surface area (Å²) < 4.78 is 7.13. The summed E-state index contributed by atoms with van der Waals surface area (Å²) in [5.41, 5.74) is 1.31. The summed E-state index contributed by atoms with van der Waals surface area (Å²) in [5, 5.41) is 11.5. The van der Waals surface area contributed by atoms with Gasteiger partial charge in [0.1, 0.15) is 12.4 Å². The molecule has 0 radical (unpaired) electrons. The first-order chi connectivity index (χ1) is 13.2. The van der Waals surface area contributed by atoms with Gasteiger partial charge >= 0.3 is 0 Å². The Bertz CT molecular complexity index is 748. The number of rotatable bonds is 7. The lowest BCUT2D eigenvalue weighted by Crippen LogP contribution is -2.47. The number of fused-ring (bicyclic) bond motifs is 1. The number of nitrogens with one attached hydrogen (secondary N) is 2. The third-order valence-electron chi connectivity index (χ3n) is 4.75. The Kier molecular flexibility index (Phi) is 9.17. The first-order valence-electron chi connectivity index (χ1n) is 9.71. The molecular formula is C20H31IN6O. The molecule has 8 heteroatoms. The average Bonchev–Trinajstić information content (AvgIpc) is 3.08. The summed E-state index contributed by atoms with van der Waals surface area (Å²) in [6.07, 6.45) is 1.93. The van der Waals surface area contributed by atoms with Crippen LogP contribution in [-0.2, 0) is 24.3 Å². The second-order valence-corrected chi connectivity index (χ2v) is 6.97. The maximum Gasteiger partial charge on any atom is 0.191 e. The molecular weight excluding hydrogens is 467 g/mol. The van der Waals surface area contributed by atoms with Gasteiger partial charge in [-0.25, -0.2) is 9.67 Å². The number of methoxy groups -OCH3 is 1. The highest BCUT2D eigenvalue weighted by atomic mass is 127. The van der Waals surface area contributed by atoms with Crippen LogP contribution in [0.2, 0.25) is 0 Å². The number of benzene rings is 1. The summed E-state index contributed by atoms with van der Waals surface area (Å²) in [7, 11) is 1.67. The SMILES string of the molecule is CCNC(=NCC(C)c1ccccc1)NC1CCc2nc(COC)nn2C1.I. The second kappa shape index (κ2) is 11.4. The summed E-state index contributed by atoms with van der Waals surface area (Å²) in [6.45, 7) is 7.14. The zero-order valence-electron chi connectivity index (χ0n) is 16.9. The lowest BCUT2D eigenvalue weighted by Gasteiger charge is -2.25. The minimum absolute atomic E-state index is 0. The highest BCUT2D eigenvalue weighted by molar-refractivity contribution is 14.0. The predicted molar refractivity (Wildman–Crippen MR) is 122 cm³/mol. The van der Waals surface area contributed by atoms with Crippen LogP contribution in [0, 0.1) is 0 Å². The van der Waals surface area contributed by atoms with Crippen LogP contribution in [0.1, 0.15) is 43.4 Å². The number of halogens is 1. The number of guanidine groups is 1. The molecule has 2 heterocycles. The van der Waals surface area contributed by atoms with E-state index in [9.17, 15) is 0 Å². The number of aromatic nitrogens is 3. The summed E-state index contributed by atoms with van der Waals surface area (Å²) in [6, 6.07) is 10.8. The molecule has 0 spiro atoms. The van der Waals surface area contributed by atoms with Gasteiger partial charge in [0.25, 0.3) is 0 Å². The normalized spacial score (nSPS) is 17.4. The Labute approximate surface area is 184 Å². The first-order valence-corrected chi connectivity index (χ1v) is 9.71. The molecule has 3 rings (SSSR count). The lowest BCUT2D eigenvalue weighted by atomic mass is 10.0. The molecule has 2 N–H and O–H groups in total. The van der Waals surface area contributed by atoms with Crippen LogP contribution in [0.5, 0.6) is 0 Å². The van der Waals surface area contributed by atoms with Gasteiger partial charge < -0.3 is 15.4 Å². The number of aryl methyl sites for hydroxylation is 1. The van der Waals surface area contributed by atoms with Crippen LogP contribution in [0.25, 0.3) is 0 Å². The Morgan fingerprint density at radius 1 is 1.36 bits per heavy atom. The highest BCUT2D eigenvalue weighted by Gasteiger charge is 2.22. The molecule has 0 fully saturated rings. The van der Waals surface area contributed by atoms with Gasteiger partial charge in [0.05, 0.1) is 6.54 Å². The number of hydrogen-bond acceptors (Lipinski definition) is 4. The third kappa shape index (κ3) is 6.16. The van der Waals surface area contributed by atoms with E-state index >= 15 is 0 Å². The number of hydrogen-bond donors (Lipinski definition) is 2. The van der Waals surface area contributed by atoms with Gasteiger partial charge in [-0.3, -0.25) is 4.99 Å². The van der Waals surface area contributed by atoms with Crippen LogP contribution >= 0.6 is 24.0 Å². The van der Waals surface area contributed by atoms with E-state index in [4.69, 9.17) is 9.73 Å². The number of ether oxygens (including phenoxy) is 1. The van der Waals surface area contributed by atoms with Crippen molar-refractivity contribution in [1.29, 1.82) is 0 Å². The Balaban J connectivity index is 0.00000280. The highest BCUT2D eigenvalue weighted by Crippen LogP contribution is 2.15. The van der Waals surface area contributed by atoms with Crippen molar-refractivity contribution in [2.75, 3.05) is 20.2 Å². The van der Waals surface area contributed by atoms with Crippen LogP contribution in [0.15, 0.2) is 35.3 Å². The van der Waals surface area contributed by atoms with E-state index in [0.717, 1.165) is 50.1 Å². The summed E-state index contributed by atoms with van der Waals surface area (Å²) in [4.78, 5) is 9.34. The zero-order valence-corrected chi connectivity index (χ0v) is 19.2. The zero-order chi connectivity index (χ0) is 19.1. The van der Waals surface area contributed by atoms with Crippen molar-refractivity contribution < 1.29 is 4.74 Å². The average molecular weight is 498 g/mol. The largest absolute Gasteiger partial charge is 0.377 e. The molecule has 28 heavy (non-hydrogen) atoms. The van der Waals surface area contributed by atoms with E-state index in [-0.39, 0.29) is 24.0 Å². The van der Waals surface area contributed by atoms with E-state index in [1.54, 1.807) is 7.11 Å². The van der Waals surface area contributed by atoms with Crippen molar-refractivity contribution in [3.05, 3.63) is 47.5 Å². The van der Waals surface area contributed by atoms with Gasteiger partial charge in [0.2, 0.25) is 0 Å². The summed E-state index contributed by atoms with van der Waals surface area (Å²) >= 11 is 0. The van der Waals surface area contributed by atoms with Crippen molar-refractivity contribution in [1.82, 2.24) is 25.4 Å². The van der Waals surface area contributed by atoms with E-state index in [0.29, 0.717) is 18.6 Å². The maximum absolute atomic E-state index is 5.14. The van der Waals surface area contributed by atoms with Crippen LogP contribution in [0.3, 0.4) is 0 Å². The van der Waals surface area contributed by atoms with Crippen molar-refractivity contribution >= 4 is 29.9 Å². The topological polar surface area (TPSA) is 76.4 Å². The minimum atomic E-state index is 0. The van der Waals surface area contributed by atoms with Gasteiger partial charge in [-0.2, -0.15) is 5.10 Å². The first kappa shape index (κ1) is 22.6. The van der Waals surface area contributed by atoms with Crippen LogP contribution in [-0.4, -0.2) is 47.0 Å². The Hall–Kier alpha value is -1.68. The molecule has 0 amide bonds. The molecule has 2 atom stereocenters. The second-order valence-electron chi connectivity index (χ2n) is 6.97. The third-order valence-corrected chi connectivity index (χ3v) is 4.75. The van der Waals surface area contributed by atoms with Crippen molar-refractivity contribution in [2.24, 2.45) is 4.99 Å². The number of nitrogens with zero attached hydrogens (tertiary/aromatic N) is 4. The van der Waals surface area contributed by atoms with Gasteiger partial charge in [0.15, 0.2) is 11.8 Å². The standard InChI is InChI=1S/C20H30N6O.HI/c1-4-21-20(22-12-15(2)16-8-6-5-7-9-16)23-17-10-11-19-24-18(14-27-3)25-26(19)13-17;/h5-9,15,17H,4,10-14H2,1-3H3,(H2,21,22,23);1H. The van der Waals surface area contributed by atoms with E-state index < -0.39 is 0 Å². The van der Waals surface area contributed by atoms with Gasteiger partial charge in [-0.1, -0.05) is 37.3 Å². The molecule has 0 saturated carbocycles. The monoisotopic (exact) mass is 498 g/mol. The smallest absolute Gasteiger partial charge is 0.191 e. The van der Waals surface area contributed by atoms with Crippen LogP contribution < -0.4 is 10.6 Å². The molecule has 0 bridgehead atoms. The molecule has 1 aliphatic rings. The fourth-order valence-corrected chi connectivity index (χ4v) is 3.30. The fraction of sp³-hybridized carbons (Fsp3) is 0.550. The number of aliphatic imine (C=N–C) groups is 1. The molecule has 154 valence electrons. The molecule has 2 unspecified atom stereocenters. The van der Waals surface area contributed by atoms with Crippen molar-refractivity contribution in [2.45, 2.75) is 51.8 Å². The van der Waals surface area contributed by atoms with Crippen molar-refractivity contribution in [3.8, 4) is 0 Å². The molecule has 0 aliphatic carbocycles. The quantitative estimate of drug-likeness (QED) is 0.349. The molecule has 1 aromatic heterocycles. The molecule has 1 aromatic carbocycles. The Morgan fingerprint density at radius 2 is 2.14 bits per heavy atom. The van der Waals surface area contributed by atoms with Gasteiger partial charge in [0, 0.05) is 38.6 Å². The summed E-state index contributed by atoms with van der Waals surface area (Å²) in [5.74, 6) is 3.04. The molecule has 1 aliphatic heterocycles. The molecule has 0 saturated heterocycles. The maximum atomic E-state index is 5.14.